The fourth-order valence-electron chi connectivity index (χ4n) is 0.966. The molecule has 7 heteroatoms. The van der Waals surface area contributed by atoms with E-state index < -0.39 is 11.4 Å². The van der Waals surface area contributed by atoms with Gasteiger partial charge >= 0.3 is 11.7 Å². The van der Waals surface area contributed by atoms with Gasteiger partial charge in [0, 0.05) is 12.8 Å². The molecule has 0 aliphatic rings. The number of thioether (sulfide) groups is 1. The predicted octanol–water partition coefficient (Wildman–Crippen LogP) is 0.701. The highest BCUT2D eigenvalue weighted by molar-refractivity contribution is 7.99. The van der Waals surface area contributed by atoms with E-state index in [0.717, 1.165) is 0 Å². The second-order valence-electron chi connectivity index (χ2n) is 4.16. The Labute approximate surface area is 97.1 Å². The lowest BCUT2D eigenvalue weighted by molar-refractivity contribution is -0.146. The van der Waals surface area contributed by atoms with Crippen LogP contribution in [0.3, 0.4) is 0 Å². The molecule has 90 valence electrons. The van der Waals surface area contributed by atoms with Crippen molar-refractivity contribution in [2.24, 2.45) is 12.5 Å². The molecule has 0 aromatic carbocycles. The van der Waals surface area contributed by atoms with Crippen LogP contribution in [0.1, 0.15) is 20.3 Å². The molecule has 0 saturated carbocycles. The normalized spacial score (nSPS) is 11.7. The van der Waals surface area contributed by atoms with Crippen molar-refractivity contribution < 1.29 is 9.90 Å². The fourth-order valence-corrected chi connectivity index (χ4v) is 2.15. The smallest absolute Gasteiger partial charge is 0.343 e. The molecule has 0 radical (unpaired) electrons. The van der Waals surface area contributed by atoms with Gasteiger partial charge in [0.15, 0.2) is 5.16 Å². The Kier molecular flexibility index (Phi) is 3.79. The van der Waals surface area contributed by atoms with Gasteiger partial charge in [-0.3, -0.25) is 9.36 Å². The summed E-state index contributed by atoms with van der Waals surface area (Å²) in [6.45, 7) is 3.36. The number of hydrogen-bond acceptors (Lipinski definition) is 4. The Balaban J connectivity index is 2.51. The van der Waals surface area contributed by atoms with E-state index in [1.807, 2.05) is 0 Å². The van der Waals surface area contributed by atoms with E-state index in [4.69, 9.17) is 5.11 Å². The minimum absolute atomic E-state index is 0.264. The SMILES string of the molecule is Cn1c(SCCC(C)(C)C(=O)O)n[nH]c1=O. The summed E-state index contributed by atoms with van der Waals surface area (Å²) in [6.07, 6.45) is 0.522. The third kappa shape index (κ3) is 2.88. The Bertz CT molecular complexity index is 435. The van der Waals surface area contributed by atoms with E-state index in [0.29, 0.717) is 17.3 Å². The lowest BCUT2D eigenvalue weighted by Crippen LogP contribution is -2.24. The first-order chi connectivity index (χ1) is 7.34. The number of aromatic nitrogens is 3. The summed E-state index contributed by atoms with van der Waals surface area (Å²) in [5, 5.41) is 15.6. The molecule has 1 aromatic heterocycles. The molecule has 1 heterocycles. The summed E-state index contributed by atoms with van der Waals surface area (Å²) >= 11 is 1.37. The number of carboxylic acid groups (broad SMARTS) is 1. The minimum atomic E-state index is -0.816. The van der Waals surface area contributed by atoms with Gasteiger partial charge in [-0.05, 0) is 20.3 Å². The van der Waals surface area contributed by atoms with E-state index in [2.05, 4.69) is 10.2 Å². The summed E-state index contributed by atoms with van der Waals surface area (Å²) < 4.78 is 1.40. The Morgan fingerprint density at radius 1 is 1.62 bits per heavy atom. The molecule has 0 aliphatic carbocycles. The van der Waals surface area contributed by atoms with E-state index >= 15 is 0 Å². The number of aromatic amines is 1. The van der Waals surface area contributed by atoms with Crippen molar-refractivity contribution in [2.45, 2.75) is 25.4 Å². The number of nitrogens with zero attached hydrogens (tertiary/aromatic N) is 2. The third-order valence-corrected chi connectivity index (χ3v) is 3.41. The van der Waals surface area contributed by atoms with Gasteiger partial charge in [0.1, 0.15) is 0 Å². The molecule has 0 atom stereocenters. The average molecular weight is 245 g/mol. The number of hydrogen-bond donors (Lipinski definition) is 2. The van der Waals surface area contributed by atoms with E-state index in [1.165, 1.54) is 16.3 Å². The highest BCUT2D eigenvalue weighted by Gasteiger charge is 2.26. The molecule has 6 nitrogen and oxygen atoms in total. The summed E-state index contributed by atoms with van der Waals surface area (Å²) in [5.41, 5.74) is -1.01. The van der Waals surface area contributed by atoms with Gasteiger partial charge < -0.3 is 5.11 Å². The first-order valence-electron chi connectivity index (χ1n) is 4.82. The van der Waals surface area contributed by atoms with Crippen molar-refractivity contribution in [3.05, 3.63) is 10.5 Å². The summed E-state index contributed by atoms with van der Waals surface area (Å²) in [6, 6.07) is 0. The van der Waals surface area contributed by atoms with Gasteiger partial charge in [0.05, 0.1) is 5.41 Å². The Morgan fingerprint density at radius 2 is 2.25 bits per heavy atom. The monoisotopic (exact) mass is 245 g/mol. The first-order valence-corrected chi connectivity index (χ1v) is 5.81. The van der Waals surface area contributed by atoms with Crippen LogP contribution >= 0.6 is 11.8 Å². The molecular weight excluding hydrogens is 230 g/mol. The Hall–Kier alpha value is -1.24. The molecule has 1 aromatic rings. The maximum Gasteiger partial charge on any atom is 0.343 e. The highest BCUT2D eigenvalue weighted by atomic mass is 32.2. The van der Waals surface area contributed by atoms with Crippen molar-refractivity contribution in [1.82, 2.24) is 14.8 Å². The van der Waals surface area contributed by atoms with Crippen molar-refractivity contribution in [2.75, 3.05) is 5.75 Å². The fraction of sp³-hybridized carbons (Fsp3) is 0.667. The van der Waals surface area contributed by atoms with Crippen LogP contribution in [-0.2, 0) is 11.8 Å². The number of aliphatic carboxylic acids is 1. The number of carboxylic acids is 1. The average Bonchev–Trinajstić information content (AvgIpc) is 2.49. The minimum Gasteiger partial charge on any atom is -0.481 e. The first kappa shape index (κ1) is 12.8. The topological polar surface area (TPSA) is 88.0 Å². The molecule has 0 unspecified atom stereocenters. The van der Waals surface area contributed by atoms with E-state index in [9.17, 15) is 9.59 Å². The number of carbonyl (C=O) groups is 1. The highest BCUT2D eigenvalue weighted by Crippen LogP contribution is 2.25. The van der Waals surface area contributed by atoms with Gasteiger partial charge in [-0.15, -0.1) is 5.10 Å². The van der Waals surface area contributed by atoms with Crippen LogP contribution in [0.4, 0.5) is 0 Å². The second kappa shape index (κ2) is 4.73. The second-order valence-corrected chi connectivity index (χ2v) is 5.22. The van der Waals surface area contributed by atoms with Crippen molar-refractivity contribution in [3.63, 3.8) is 0 Å². The molecule has 0 spiro atoms. The number of rotatable bonds is 5. The quantitative estimate of drug-likeness (QED) is 0.745. The summed E-state index contributed by atoms with van der Waals surface area (Å²) in [5.74, 6) is -0.207. The van der Waals surface area contributed by atoms with Crippen LogP contribution in [0.5, 0.6) is 0 Å². The molecular formula is C9H15N3O3S. The number of H-pyrrole nitrogens is 1. The van der Waals surface area contributed by atoms with Gasteiger partial charge in [-0.2, -0.15) is 0 Å². The molecule has 16 heavy (non-hydrogen) atoms. The largest absolute Gasteiger partial charge is 0.481 e. The zero-order valence-corrected chi connectivity index (χ0v) is 10.3. The molecule has 0 aliphatic heterocycles. The van der Waals surface area contributed by atoms with Crippen LogP contribution in [0.15, 0.2) is 9.95 Å². The van der Waals surface area contributed by atoms with Crippen LogP contribution < -0.4 is 5.69 Å². The van der Waals surface area contributed by atoms with Crippen LogP contribution in [0, 0.1) is 5.41 Å². The van der Waals surface area contributed by atoms with Crippen LogP contribution in [0.25, 0.3) is 0 Å². The molecule has 0 saturated heterocycles. The summed E-state index contributed by atoms with van der Waals surface area (Å²) in [4.78, 5) is 21.9. The maximum atomic E-state index is 11.0. The lowest BCUT2D eigenvalue weighted by Gasteiger charge is -2.17. The predicted molar refractivity (Wildman–Crippen MR) is 60.6 cm³/mol. The molecule has 0 fully saturated rings. The molecule has 1 rings (SSSR count). The molecule has 0 amide bonds. The Morgan fingerprint density at radius 3 is 2.69 bits per heavy atom. The molecule has 2 N–H and O–H groups in total. The number of nitrogens with one attached hydrogen (secondary N) is 1. The standard InChI is InChI=1S/C9H15N3O3S/c1-9(2,6(13)14)4-5-16-8-11-10-7(15)12(8)3/h4-5H2,1-3H3,(H,10,15)(H,13,14). The van der Waals surface area contributed by atoms with E-state index in [1.54, 1.807) is 20.9 Å². The van der Waals surface area contributed by atoms with Crippen molar-refractivity contribution >= 4 is 17.7 Å². The van der Waals surface area contributed by atoms with E-state index in [-0.39, 0.29) is 5.69 Å². The van der Waals surface area contributed by atoms with Gasteiger partial charge in [0.25, 0.3) is 0 Å². The maximum absolute atomic E-state index is 11.0. The van der Waals surface area contributed by atoms with Gasteiger partial charge in [-0.25, -0.2) is 9.89 Å². The third-order valence-electron chi connectivity index (χ3n) is 2.38. The van der Waals surface area contributed by atoms with Crippen molar-refractivity contribution in [3.8, 4) is 0 Å². The molecule has 0 bridgehead atoms. The van der Waals surface area contributed by atoms with Crippen LogP contribution in [-0.4, -0.2) is 31.6 Å². The zero-order chi connectivity index (χ0) is 12.3. The lowest BCUT2D eigenvalue weighted by atomic mass is 9.91. The summed E-state index contributed by atoms with van der Waals surface area (Å²) in [7, 11) is 1.62. The van der Waals surface area contributed by atoms with Crippen molar-refractivity contribution in [1.29, 1.82) is 0 Å². The zero-order valence-electron chi connectivity index (χ0n) is 9.48. The van der Waals surface area contributed by atoms with Gasteiger partial charge in [-0.1, -0.05) is 11.8 Å². The van der Waals surface area contributed by atoms with Gasteiger partial charge in [0.2, 0.25) is 0 Å². The van der Waals surface area contributed by atoms with Crippen LogP contribution in [0.2, 0.25) is 0 Å².